The topological polar surface area (TPSA) is 55.1 Å². The van der Waals surface area contributed by atoms with Crippen molar-refractivity contribution in [1.82, 2.24) is 5.32 Å². The highest BCUT2D eigenvalue weighted by atomic mass is 19.1. The molecule has 0 heterocycles. The molecular weight excluding hydrogens is 351 g/mol. The number of hydrogen-bond donors (Lipinski definition) is 2. The first-order valence-electron chi connectivity index (χ1n) is 11.1. The van der Waals surface area contributed by atoms with Crippen molar-refractivity contribution in [2.24, 2.45) is 22.5 Å². The summed E-state index contributed by atoms with van der Waals surface area (Å²) in [6.07, 6.45) is 9.49. The summed E-state index contributed by atoms with van der Waals surface area (Å²) in [6, 6.07) is 11.2. The molecule has 1 aromatic rings. The van der Waals surface area contributed by atoms with E-state index < -0.39 is 0 Å². The van der Waals surface area contributed by atoms with Gasteiger partial charge in [-0.1, -0.05) is 30.3 Å². The van der Waals surface area contributed by atoms with Crippen LogP contribution in [0.1, 0.15) is 69.8 Å². The van der Waals surface area contributed by atoms with Crippen molar-refractivity contribution in [2.45, 2.75) is 81.7 Å². The number of alkyl halides is 1. The highest BCUT2D eigenvalue weighted by Gasteiger charge is 2.66. The molecule has 0 aliphatic heterocycles. The van der Waals surface area contributed by atoms with Crippen molar-refractivity contribution < 1.29 is 9.18 Å². The Morgan fingerprint density at radius 1 is 1.04 bits per heavy atom. The lowest BCUT2D eigenvalue weighted by atomic mass is 9.38. The van der Waals surface area contributed by atoms with E-state index in [1.807, 2.05) is 6.07 Å². The van der Waals surface area contributed by atoms with Gasteiger partial charge in [0, 0.05) is 17.5 Å². The van der Waals surface area contributed by atoms with Gasteiger partial charge >= 0.3 is 0 Å². The predicted molar refractivity (Wildman–Crippen MR) is 109 cm³/mol. The average Bonchev–Trinajstić information content (AvgIpc) is 2.69. The lowest BCUT2D eigenvalue weighted by molar-refractivity contribution is -0.166. The van der Waals surface area contributed by atoms with Crippen LogP contribution in [-0.4, -0.2) is 24.7 Å². The van der Waals surface area contributed by atoms with Gasteiger partial charge in [0.15, 0.2) is 0 Å². The summed E-state index contributed by atoms with van der Waals surface area (Å²) in [6.45, 7) is -0.286. The SMILES string of the molecule is N[C@H]1CC[C@@H](NC(=O)C23CC4C[C@@](CF)(C2)C[C@](c2ccccc2)(C4)C3)CC1. The largest absolute Gasteiger partial charge is 0.353 e. The van der Waals surface area contributed by atoms with E-state index in [9.17, 15) is 9.18 Å². The molecule has 3 N–H and O–H groups in total. The molecule has 3 nitrogen and oxygen atoms in total. The van der Waals surface area contributed by atoms with Crippen LogP contribution in [0.2, 0.25) is 0 Å². The molecule has 0 aromatic heterocycles. The third kappa shape index (κ3) is 2.91. The van der Waals surface area contributed by atoms with Gasteiger partial charge < -0.3 is 11.1 Å². The fraction of sp³-hybridized carbons (Fsp3) is 0.708. The van der Waals surface area contributed by atoms with Crippen molar-refractivity contribution in [2.75, 3.05) is 6.67 Å². The molecule has 152 valence electrons. The van der Waals surface area contributed by atoms with Crippen LogP contribution in [0.15, 0.2) is 30.3 Å². The van der Waals surface area contributed by atoms with E-state index >= 15 is 0 Å². The number of nitrogens with two attached hydrogens (primary N) is 1. The standard InChI is InChI=1S/C24H33FN2O/c25-16-22-10-17-11-23(13-22,18-4-2-1-3-5-18)15-24(12-17,14-22)21(28)27-20-8-6-19(26)7-9-20/h1-5,17,19-20H,6-16,26H2,(H,27,28)/t17?,19-,20+,22-,23+,24?/m0/s1. The Morgan fingerprint density at radius 2 is 1.79 bits per heavy atom. The molecule has 6 rings (SSSR count). The van der Waals surface area contributed by atoms with E-state index in [4.69, 9.17) is 5.73 Å². The second-order valence-corrected chi connectivity index (χ2v) is 10.7. The van der Waals surface area contributed by atoms with Gasteiger partial charge in [-0.2, -0.15) is 0 Å². The van der Waals surface area contributed by atoms with Gasteiger partial charge in [-0.15, -0.1) is 0 Å². The van der Waals surface area contributed by atoms with Gasteiger partial charge in [-0.3, -0.25) is 9.18 Å². The Morgan fingerprint density at radius 3 is 2.50 bits per heavy atom. The lowest BCUT2D eigenvalue weighted by Crippen LogP contribution is -2.64. The Bertz CT molecular complexity index is 746. The van der Waals surface area contributed by atoms with Crippen LogP contribution < -0.4 is 11.1 Å². The first kappa shape index (κ1) is 18.6. The third-order valence-corrected chi connectivity index (χ3v) is 8.44. The molecule has 4 atom stereocenters. The molecule has 5 aliphatic carbocycles. The fourth-order valence-corrected chi connectivity index (χ4v) is 7.76. The monoisotopic (exact) mass is 384 g/mol. The number of carbonyl (C=O) groups is 1. The molecule has 5 fully saturated rings. The zero-order valence-corrected chi connectivity index (χ0v) is 16.8. The maximum absolute atomic E-state index is 14.4. The highest BCUT2D eigenvalue weighted by molar-refractivity contribution is 5.84. The number of hydrogen-bond acceptors (Lipinski definition) is 2. The number of amides is 1. The van der Waals surface area contributed by atoms with Gasteiger partial charge in [-0.05, 0) is 81.1 Å². The number of rotatable bonds is 4. The van der Waals surface area contributed by atoms with E-state index in [1.54, 1.807) is 0 Å². The second kappa shape index (κ2) is 6.55. The van der Waals surface area contributed by atoms with Gasteiger partial charge in [0.2, 0.25) is 5.91 Å². The minimum absolute atomic E-state index is 0.0287. The first-order valence-corrected chi connectivity index (χ1v) is 11.1. The molecule has 1 aromatic carbocycles. The maximum Gasteiger partial charge on any atom is 0.226 e. The van der Waals surface area contributed by atoms with Crippen molar-refractivity contribution >= 4 is 5.91 Å². The summed E-state index contributed by atoms with van der Waals surface area (Å²) >= 11 is 0. The van der Waals surface area contributed by atoms with Crippen molar-refractivity contribution in [1.29, 1.82) is 0 Å². The number of nitrogens with one attached hydrogen (secondary N) is 1. The lowest BCUT2D eigenvalue weighted by Gasteiger charge is -2.65. The van der Waals surface area contributed by atoms with Crippen molar-refractivity contribution in [3.63, 3.8) is 0 Å². The number of benzene rings is 1. The fourth-order valence-electron chi connectivity index (χ4n) is 7.76. The van der Waals surface area contributed by atoms with E-state index in [2.05, 4.69) is 29.6 Å². The van der Waals surface area contributed by atoms with Crippen LogP contribution in [-0.2, 0) is 10.2 Å². The summed E-state index contributed by atoms with van der Waals surface area (Å²) < 4.78 is 14.4. The Kier molecular flexibility index (Phi) is 4.35. The third-order valence-electron chi connectivity index (χ3n) is 8.44. The predicted octanol–water partition coefficient (Wildman–Crippen LogP) is 4.25. The molecule has 28 heavy (non-hydrogen) atoms. The average molecular weight is 385 g/mol. The molecule has 5 aliphatic rings. The van der Waals surface area contributed by atoms with Gasteiger partial charge in [0.1, 0.15) is 0 Å². The zero-order valence-electron chi connectivity index (χ0n) is 16.8. The van der Waals surface area contributed by atoms with Crippen molar-refractivity contribution in [3.8, 4) is 0 Å². The molecule has 1 amide bonds. The molecule has 0 saturated heterocycles. The van der Waals surface area contributed by atoms with Crippen LogP contribution >= 0.6 is 0 Å². The normalized spacial score (nSPS) is 44.4. The first-order chi connectivity index (χ1) is 13.5. The van der Waals surface area contributed by atoms with Gasteiger partial charge in [0.25, 0.3) is 0 Å². The molecule has 0 spiro atoms. The molecule has 5 saturated carbocycles. The van der Waals surface area contributed by atoms with E-state index in [1.165, 1.54) is 5.56 Å². The number of carbonyl (C=O) groups excluding carboxylic acids is 1. The van der Waals surface area contributed by atoms with E-state index in [0.29, 0.717) is 5.92 Å². The minimum atomic E-state index is -0.388. The molecule has 2 unspecified atom stereocenters. The quantitative estimate of drug-likeness (QED) is 0.815. The summed E-state index contributed by atoms with van der Waals surface area (Å²) in [5.41, 5.74) is 6.63. The summed E-state index contributed by atoms with van der Waals surface area (Å²) in [5, 5.41) is 3.39. The van der Waals surface area contributed by atoms with E-state index in [0.717, 1.165) is 64.2 Å². The number of halogens is 1. The van der Waals surface area contributed by atoms with Crippen molar-refractivity contribution in [3.05, 3.63) is 35.9 Å². The molecule has 4 heteroatoms. The molecule has 0 radical (unpaired) electrons. The highest BCUT2D eigenvalue weighted by Crippen LogP contribution is 2.70. The smallest absolute Gasteiger partial charge is 0.226 e. The summed E-state index contributed by atoms with van der Waals surface area (Å²) in [4.78, 5) is 13.6. The van der Waals surface area contributed by atoms with Gasteiger partial charge in [-0.25, -0.2) is 0 Å². The maximum atomic E-state index is 14.4. The Labute approximate surface area is 167 Å². The second-order valence-electron chi connectivity index (χ2n) is 10.7. The minimum Gasteiger partial charge on any atom is -0.353 e. The summed E-state index contributed by atoms with van der Waals surface area (Å²) in [5.74, 6) is 0.674. The zero-order chi connectivity index (χ0) is 19.4. The molecular formula is C24H33FN2O. The van der Waals surface area contributed by atoms with Crippen LogP contribution in [0.4, 0.5) is 4.39 Å². The van der Waals surface area contributed by atoms with Crippen LogP contribution in [0.5, 0.6) is 0 Å². The van der Waals surface area contributed by atoms with Crippen LogP contribution in [0.25, 0.3) is 0 Å². The Balaban J connectivity index is 1.45. The Hall–Kier alpha value is -1.42. The molecule has 4 bridgehead atoms. The van der Waals surface area contributed by atoms with E-state index in [-0.39, 0.29) is 40.9 Å². The van der Waals surface area contributed by atoms with Gasteiger partial charge in [0.05, 0.1) is 12.1 Å². The van der Waals surface area contributed by atoms with Crippen LogP contribution in [0.3, 0.4) is 0 Å². The van der Waals surface area contributed by atoms with Crippen LogP contribution in [0, 0.1) is 16.7 Å². The summed E-state index contributed by atoms with van der Waals surface area (Å²) in [7, 11) is 0.